The highest BCUT2D eigenvalue weighted by atomic mass is 16.5. The van der Waals surface area contributed by atoms with E-state index in [1.54, 1.807) is 0 Å². The molecule has 2 aliphatic heterocycles. The monoisotopic (exact) mass is 331 g/mol. The van der Waals surface area contributed by atoms with Gasteiger partial charge in [0.25, 0.3) is 0 Å². The van der Waals surface area contributed by atoms with Gasteiger partial charge in [0.15, 0.2) is 0 Å². The summed E-state index contributed by atoms with van der Waals surface area (Å²) in [6.45, 7) is 13.5. The van der Waals surface area contributed by atoms with Crippen LogP contribution < -0.4 is 5.32 Å². The number of hydrogen-bond donors (Lipinski definition) is 1. The summed E-state index contributed by atoms with van der Waals surface area (Å²) >= 11 is 0. The van der Waals surface area contributed by atoms with Crippen molar-refractivity contribution < 1.29 is 4.74 Å². The fraction of sp³-hybridized carbons (Fsp3) is 0.750. The number of rotatable bonds is 4. The van der Waals surface area contributed by atoms with E-state index >= 15 is 0 Å². The highest BCUT2D eigenvalue weighted by molar-refractivity contribution is 5.14. The van der Waals surface area contributed by atoms with Gasteiger partial charge >= 0.3 is 0 Å². The third kappa shape index (κ3) is 3.98. The summed E-state index contributed by atoms with van der Waals surface area (Å²) in [5, 5.41) is 3.90. The van der Waals surface area contributed by atoms with E-state index in [4.69, 9.17) is 4.74 Å². The molecule has 0 aromatic carbocycles. The molecule has 2 atom stereocenters. The zero-order valence-electron chi connectivity index (χ0n) is 15.9. The second-order valence-corrected chi connectivity index (χ2v) is 8.66. The Morgan fingerprint density at radius 3 is 2.33 bits per heavy atom. The Hall–Kier alpha value is -0.970. The Bertz CT molecular complexity index is 535. The molecule has 3 heterocycles. The van der Waals surface area contributed by atoms with E-state index in [9.17, 15) is 0 Å². The van der Waals surface area contributed by atoms with Crippen molar-refractivity contribution in [3.63, 3.8) is 0 Å². The highest BCUT2D eigenvalue weighted by Gasteiger charge is 2.46. The number of piperidine rings is 1. The summed E-state index contributed by atoms with van der Waals surface area (Å²) in [5.41, 5.74) is 1.27. The summed E-state index contributed by atoms with van der Waals surface area (Å²) in [4.78, 5) is 6.72. The van der Waals surface area contributed by atoms with Crippen molar-refractivity contribution in [2.75, 3.05) is 13.1 Å². The lowest BCUT2D eigenvalue weighted by Crippen LogP contribution is -2.51. The van der Waals surface area contributed by atoms with E-state index in [1.807, 2.05) is 12.4 Å². The van der Waals surface area contributed by atoms with Crippen LogP contribution in [0.4, 0.5) is 0 Å². The average molecular weight is 332 g/mol. The SMILES string of the molecule is C[C@H](c1ccncc1)N1CCC(N[C@@H]2CC(C)(C)OC2(C)C)CC1. The molecule has 24 heavy (non-hydrogen) atoms. The molecule has 2 saturated heterocycles. The first-order valence-corrected chi connectivity index (χ1v) is 9.37. The quantitative estimate of drug-likeness (QED) is 0.916. The molecule has 4 nitrogen and oxygen atoms in total. The molecule has 0 spiro atoms. The van der Waals surface area contributed by atoms with Crippen LogP contribution in [0.3, 0.4) is 0 Å². The third-order valence-corrected chi connectivity index (χ3v) is 5.78. The van der Waals surface area contributed by atoms with Gasteiger partial charge in [0.05, 0.1) is 11.2 Å². The summed E-state index contributed by atoms with van der Waals surface area (Å²) in [5.74, 6) is 0. The molecular formula is C20H33N3O. The summed E-state index contributed by atoms with van der Waals surface area (Å²) in [7, 11) is 0. The number of nitrogens with zero attached hydrogens (tertiary/aromatic N) is 2. The smallest absolute Gasteiger partial charge is 0.0787 e. The molecule has 0 aliphatic carbocycles. The standard InChI is InChI=1S/C20H33N3O/c1-15(16-6-10-21-11-7-16)23-12-8-17(9-13-23)22-18-14-19(2,3)24-20(18,4)5/h6-7,10-11,15,17-18,22H,8-9,12-14H2,1-5H3/t15-,18-/m1/s1. The Balaban J connectivity index is 1.52. The average Bonchev–Trinajstić information content (AvgIpc) is 2.75. The number of ether oxygens (including phenoxy) is 1. The number of nitrogens with one attached hydrogen (secondary N) is 1. The Labute approximate surface area is 147 Å². The van der Waals surface area contributed by atoms with Crippen LogP contribution >= 0.6 is 0 Å². The molecule has 0 amide bonds. The molecule has 1 N–H and O–H groups in total. The molecule has 0 radical (unpaired) electrons. The zero-order valence-corrected chi connectivity index (χ0v) is 15.9. The maximum Gasteiger partial charge on any atom is 0.0787 e. The van der Waals surface area contributed by atoms with Crippen LogP contribution in [0.5, 0.6) is 0 Å². The van der Waals surface area contributed by atoms with Crippen LogP contribution in [-0.4, -0.2) is 46.3 Å². The van der Waals surface area contributed by atoms with Crippen LogP contribution in [0.25, 0.3) is 0 Å². The molecule has 4 heteroatoms. The zero-order chi connectivity index (χ0) is 17.4. The lowest BCUT2D eigenvalue weighted by Gasteiger charge is -2.39. The molecule has 134 valence electrons. The van der Waals surface area contributed by atoms with Gasteiger partial charge in [-0.15, -0.1) is 0 Å². The summed E-state index contributed by atoms with van der Waals surface area (Å²) in [6.07, 6.45) is 7.30. The van der Waals surface area contributed by atoms with Gasteiger partial charge in [0.2, 0.25) is 0 Å². The predicted octanol–water partition coefficient (Wildman–Crippen LogP) is 3.54. The minimum absolute atomic E-state index is 0.0161. The Morgan fingerprint density at radius 2 is 1.79 bits per heavy atom. The van der Waals surface area contributed by atoms with E-state index in [2.05, 4.69) is 62.0 Å². The lowest BCUT2D eigenvalue weighted by molar-refractivity contribution is -0.0709. The molecule has 2 fully saturated rings. The normalized spacial score (nSPS) is 28.8. The maximum atomic E-state index is 6.23. The fourth-order valence-corrected chi connectivity index (χ4v) is 4.41. The molecule has 1 aromatic rings. The first kappa shape index (κ1) is 17.8. The number of likely N-dealkylation sites (tertiary alicyclic amines) is 1. The van der Waals surface area contributed by atoms with E-state index in [0.29, 0.717) is 18.1 Å². The van der Waals surface area contributed by atoms with Crippen LogP contribution in [0.2, 0.25) is 0 Å². The molecule has 3 rings (SSSR count). The van der Waals surface area contributed by atoms with Crippen molar-refractivity contribution in [1.29, 1.82) is 0 Å². The first-order chi connectivity index (χ1) is 11.3. The van der Waals surface area contributed by atoms with E-state index in [1.165, 1.54) is 18.4 Å². The highest BCUT2D eigenvalue weighted by Crippen LogP contribution is 2.38. The van der Waals surface area contributed by atoms with E-state index in [0.717, 1.165) is 19.5 Å². The Morgan fingerprint density at radius 1 is 1.17 bits per heavy atom. The molecule has 2 aliphatic rings. The van der Waals surface area contributed by atoms with Gasteiger partial charge in [-0.3, -0.25) is 9.88 Å². The lowest BCUT2D eigenvalue weighted by atomic mass is 9.92. The third-order valence-electron chi connectivity index (χ3n) is 5.78. The van der Waals surface area contributed by atoms with Crippen molar-refractivity contribution in [2.24, 2.45) is 0 Å². The number of hydrogen-bond acceptors (Lipinski definition) is 4. The van der Waals surface area contributed by atoms with Crippen LogP contribution in [0.15, 0.2) is 24.5 Å². The second kappa shape index (κ2) is 6.74. The summed E-state index contributed by atoms with van der Waals surface area (Å²) < 4.78 is 6.23. The van der Waals surface area contributed by atoms with Crippen LogP contribution in [0.1, 0.15) is 65.5 Å². The van der Waals surface area contributed by atoms with E-state index < -0.39 is 0 Å². The van der Waals surface area contributed by atoms with Gasteiger partial charge in [0, 0.05) is 43.6 Å². The van der Waals surface area contributed by atoms with Gasteiger partial charge in [0.1, 0.15) is 0 Å². The second-order valence-electron chi connectivity index (χ2n) is 8.66. The largest absolute Gasteiger partial charge is 0.368 e. The van der Waals surface area contributed by atoms with Crippen molar-refractivity contribution in [1.82, 2.24) is 15.2 Å². The Kier molecular flexibility index (Phi) is 5.01. The first-order valence-electron chi connectivity index (χ1n) is 9.37. The molecule has 0 unspecified atom stereocenters. The van der Waals surface area contributed by atoms with Crippen LogP contribution in [-0.2, 0) is 4.74 Å². The van der Waals surface area contributed by atoms with E-state index in [-0.39, 0.29) is 11.2 Å². The van der Waals surface area contributed by atoms with Crippen molar-refractivity contribution in [3.05, 3.63) is 30.1 Å². The number of pyridine rings is 1. The number of aromatic nitrogens is 1. The minimum Gasteiger partial charge on any atom is -0.368 e. The molecule has 0 saturated carbocycles. The maximum absolute atomic E-state index is 6.23. The molecule has 0 bridgehead atoms. The van der Waals surface area contributed by atoms with Gasteiger partial charge in [-0.05, 0) is 71.6 Å². The van der Waals surface area contributed by atoms with Crippen molar-refractivity contribution in [3.8, 4) is 0 Å². The van der Waals surface area contributed by atoms with Gasteiger partial charge in [-0.1, -0.05) is 0 Å². The fourth-order valence-electron chi connectivity index (χ4n) is 4.41. The topological polar surface area (TPSA) is 37.4 Å². The molecular weight excluding hydrogens is 298 g/mol. The molecule has 1 aromatic heterocycles. The summed E-state index contributed by atoms with van der Waals surface area (Å²) in [6, 6.07) is 5.79. The van der Waals surface area contributed by atoms with Gasteiger partial charge in [-0.25, -0.2) is 0 Å². The minimum atomic E-state index is -0.0784. The van der Waals surface area contributed by atoms with Crippen LogP contribution in [0, 0.1) is 0 Å². The van der Waals surface area contributed by atoms with Gasteiger partial charge < -0.3 is 10.1 Å². The van der Waals surface area contributed by atoms with Crippen molar-refractivity contribution >= 4 is 0 Å². The van der Waals surface area contributed by atoms with Crippen molar-refractivity contribution in [2.45, 2.75) is 83.2 Å². The predicted molar refractivity (Wildman–Crippen MR) is 98.0 cm³/mol. The van der Waals surface area contributed by atoms with Gasteiger partial charge in [-0.2, -0.15) is 0 Å².